The van der Waals surface area contributed by atoms with Crippen LogP contribution in [0.2, 0.25) is 0 Å². The molecule has 234 valence electrons. The molecule has 0 radical (unpaired) electrons. The number of para-hydroxylation sites is 2. The van der Waals surface area contributed by atoms with Gasteiger partial charge < -0.3 is 8.98 Å². The first-order valence-corrected chi connectivity index (χ1v) is 16.7. The second-order valence-electron chi connectivity index (χ2n) is 12.4. The van der Waals surface area contributed by atoms with Crippen molar-refractivity contribution in [3.05, 3.63) is 170 Å². The second kappa shape index (κ2) is 11.4. The fourth-order valence-electron chi connectivity index (χ4n) is 7.12. The van der Waals surface area contributed by atoms with Crippen LogP contribution in [0.25, 0.3) is 94.7 Å². The van der Waals surface area contributed by atoms with Crippen LogP contribution in [0.3, 0.4) is 0 Å². The fourth-order valence-corrected chi connectivity index (χ4v) is 7.12. The number of nitrogens with zero attached hydrogens (tertiary/aromatic N) is 4. The van der Waals surface area contributed by atoms with Crippen molar-refractivity contribution in [2.75, 3.05) is 0 Å². The molecule has 0 spiro atoms. The predicted octanol–water partition coefficient (Wildman–Crippen LogP) is 11.5. The lowest BCUT2D eigenvalue weighted by molar-refractivity contribution is 0.669. The summed E-state index contributed by atoms with van der Waals surface area (Å²) in [5.74, 6) is 1.83. The van der Waals surface area contributed by atoms with Crippen molar-refractivity contribution in [2.24, 2.45) is 0 Å². The van der Waals surface area contributed by atoms with E-state index < -0.39 is 0 Å². The summed E-state index contributed by atoms with van der Waals surface area (Å²) in [5.41, 5.74) is 10.1. The van der Waals surface area contributed by atoms with Crippen LogP contribution in [0.1, 0.15) is 0 Å². The molecule has 3 heterocycles. The van der Waals surface area contributed by atoms with Gasteiger partial charge in [0.25, 0.3) is 0 Å². The third kappa shape index (κ3) is 4.60. The van der Waals surface area contributed by atoms with Crippen molar-refractivity contribution in [3.8, 4) is 51.0 Å². The van der Waals surface area contributed by atoms with E-state index in [1.54, 1.807) is 0 Å². The first-order valence-electron chi connectivity index (χ1n) is 16.7. The van der Waals surface area contributed by atoms with Crippen LogP contribution < -0.4 is 0 Å². The summed E-state index contributed by atoms with van der Waals surface area (Å²) >= 11 is 0. The molecule has 7 aromatic carbocycles. The van der Waals surface area contributed by atoms with Gasteiger partial charge in [0.2, 0.25) is 0 Å². The third-order valence-electron chi connectivity index (χ3n) is 9.48. The van der Waals surface area contributed by atoms with Gasteiger partial charge in [-0.3, -0.25) is 0 Å². The van der Waals surface area contributed by atoms with Gasteiger partial charge in [-0.1, -0.05) is 127 Å². The van der Waals surface area contributed by atoms with Crippen molar-refractivity contribution in [2.45, 2.75) is 0 Å². The summed E-state index contributed by atoms with van der Waals surface area (Å²) in [6.07, 6.45) is 0. The Labute approximate surface area is 287 Å². The van der Waals surface area contributed by atoms with Crippen LogP contribution in [-0.2, 0) is 0 Å². The molecule has 0 bridgehead atoms. The minimum absolute atomic E-state index is 0.591. The maximum absolute atomic E-state index is 6.25. The summed E-state index contributed by atoms with van der Waals surface area (Å²) in [6, 6.07) is 58.6. The van der Waals surface area contributed by atoms with Gasteiger partial charge in [0, 0.05) is 43.9 Å². The van der Waals surface area contributed by atoms with E-state index >= 15 is 0 Å². The van der Waals surface area contributed by atoms with Crippen molar-refractivity contribution < 1.29 is 4.42 Å². The zero-order valence-electron chi connectivity index (χ0n) is 26.9. The van der Waals surface area contributed by atoms with Gasteiger partial charge in [-0.15, -0.1) is 0 Å². The SMILES string of the molecule is c1ccc(-c2ccc(-n3c4ccccc4c4c(-c5nc(-c6ccccc6)nc(-c6ccc7c(c6)oc6ccccc67)n5)cccc43)cc2)cc1. The molecule has 5 heteroatoms. The van der Waals surface area contributed by atoms with E-state index in [9.17, 15) is 0 Å². The van der Waals surface area contributed by atoms with E-state index in [0.717, 1.165) is 66.1 Å². The van der Waals surface area contributed by atoms with Gasteiger partial charge in [0.15, 0.2) is 17.5 Å². The molecule has 0 aliphatic carbocycles. The molecule has 0 saturated carbocycles. The first-order chi connectivity index (χ1) is 24.8. The summed E-state index contributed by atoms with van der Waals surface area (Å²) in [5, 5.41) is 4.39. The van der Waals surface area contributed by atoms with Crippen LogP contribution in [0.4, 0.5) is 0 Å². The van der Waals surface area contributed by atoms with Crippen LogP contribution >= 0.6 is 0 Å². The molecule has 0 amide bonds. The zero-order valence-corrected chi connectivity index (χ0v) is 26.9. The molecular weight excluding hydrogens is 613 g/mol. The highest BCUT2D eigenvalue weighted by atomic mass is 16.3. The van der Waals surface area contributed by atoms with E-state index in [2.05, 4.69) is 114 Å². The summed E-state index contributed by atoms with van der Waals surface area (Å²) < 4.78 is 8.59. The Balaban J connectivity index is 1.18. The van der Waals surface area contributed by atoms with Gasteiger partial charge in [-0.25, -0.2) is 15.0 Å². The van der Waals surface area contributed by atoms with Gasteiger partial charge >= 0.3 is 0 Å². The molecule has 10 aromatic rings. The lowest BCUT2D eigenvalue weighted by Gasteiger charge is -2.11. The molecule has 0 atom stereocenters. The minimum Gasteiger partial charge on any atom is -0.456 e. The molecule has 0 unspecified atom stereocenters. The molecule has 10 rings (SSSR count). The highest BCUT2D eigenvalue weighted by Gasteiger charge is 2.20. The average Bonchev–Trinajstić information content (AvgIpc) is 3.74. The van der Waals surface area contributed by atoms with Crippen LogP contribution in [-0.4, -0.2) is 19.5 Å². The largest absolute Gasteiger partial charge is 0.456 e. The third-order valence-corrected chi connectivity index (χ3v) is 9.48. The zero-order chi connectivity index (χ0) is 33.0. The molecular formula is C45H28N4O. The second-order valence-corrected chi connectivity index (χ2v) is 12.4. The Hall–Kier alpha value is -6.85. The molecule has 3 aromatic heterocycles. The molecule has 5 nitrogen and oxygen atoms in total. The lowest BCUT2D eigenvalue weighted by Crippen LogP contribution is -2.00. The highest BCUT2D eigenvalue weighted by molar-refractivity contribution is 6.15. The molecule has 0 N–H and O–H groups in total. The van der Waals surface area contributed by atoms with Gasteiger partial charge in [0.05, 0.1) is 11.0 Å². The van der Waals surface area contributed by atoms with Crippen molar-refractivity contribution >= 4 is 43.7 Å². The van der Waals surface area contributed by atoms with Crippen LogP contribution in [0, 0.1) is 0 Å². The topological polar surface area (TPSA) is 56.7 Å². The Morgan fingerprint density at radius 2 is 0.960 bits per heavy atom. The van der Waals surface area contributed by atoms with Gasteiger partial charge in [0.1, 0.15) is 11.2 Å². The smallest absolute Gasteiger partial charge is 0.164 e. The summed E-state index contributed by atoms with van der Waals surface area (Å²) in [4.78, 5) is 15.3. The molecule has 0 aliphatic heterocycles. The predicted molar refractivity (Wildman–Crippen MR) is 203 cm³/mol. The lowest BCUT2D eigenvalue weighted by atomic mass is 10.0. The molecule has 0 aliphatic rings. The normalized spacial score (nSPS) is 11.6. The quantitative estimate of drug-likeness (QED) is 0.188. The Kier molecular flexibility index (Phi) is 6.42. The van der Waals surface area contributed by atoms with Gasteiger partial charge in [-0.05, 0) is 53.6 Å². The van der Waals surface area contributed by atoms with E-state index in [4.69, 9.17) is 19.4 Å². The first kappa shape index (κ1) is 28.2. The van der Waals surface area contributed by atoms with E-state index in [1.807, 2.05) is 60.7 Å². The van der Waals surface area contributed by atoms with Crippen molar-refractivity contribution in [3.63, 3.8) is 0 Å². The number of aromatic nitrogens is 4. The van der Waals surface area contributed by atoms with E-state index in [0.29, 0.717) is 17.5 Å². The van der Waals surface area contributed by atoms with E-state index in [1.165, 1.54) is 11.1 Å². The summed E-state index contributed by atoms with van der Waals surface area (Å²) in [7, 11) is 0. The minimum atomic E-state index is 0.591. The molecule has 0 fully saturated rings. The highest BCUT2D eigenvalue weighted by Crippen LogP contribution is 2.39. The number of hydrogen-bond donors (Lipinski definition) is 0. The number of benzene rings is 7. The number of fused-ring (bicyclic) bond motifs is 6. The maximum Gasteiger partial charge on any atom is 0.164 e. The van der Waals surface area contributed by atoms with E-state index in [-0.39, 0.29) is 0 Å². The number of hydrogen-bond acceptors (Lipinski definition) is 4. The number of furan rings is 1. The number of rotatable bonds is 5. The standard InChI is InChI=1S/C45H28N4O/c1-3-12-29(13-4-1)30-22-25-33(26-23-30)49-38-19-9-7-17-36(38)42-37(18-11-20-39(42)49)45-47-43(31-14-5-2-6-15-31)46-44(48-45)32-24-27-35-34-16-8-10-21-40(34)50-41(35)28-32/h1-28H. The van der Waals surface area contributed by atoms with Gasteiger partial charge in [-0.2, -0.15) is 0 Å². The van der Waals surface area contributed by atoms with Crippen molar-refractivity contribution in [1.82, 2.24) is 19.5 Å². The average molecular weight is 641 g/mol. The molecule has 0 saturated heterocycles. The van der Waals surface area contributed by atoms with Crippen LogP contribution in [0.5, 0.6) is 0 Å². The van der Waals surface area contributed by atoms with Crippen molar-refractivity contribution in [1.29, 1.82) is 0 Å². The summed E-state index contributed by atoms with van der Waals surface area (Å²) in [6.45, 7) is 0. The van der Waals surface area contributed by atoms with Crippen LogP contribution in [0.15, 0.2) is 174 Å². The fraction of sp³-hybridized carbons (Fsp3) is 0. The Bertz CT molecular complexity index is 2850. The molecule has 50 heavy (non-hydrogen) atoms. The maximum atomic E-state index is 6.25. The Morgan fingerprint density at radius 1 is 0.380 bits per heavy atom. The monoisotopic (exact) mass is 640 g/mol. The Morgan fingerprint density at radius 3 is 1.76 bits per heavy atom.